The second-order valence-corrected chi connectivity index (χ2v) is 12.2. The van der Waals surface area contributed by atoms with Crippen LogP contribution in [-0.4, -0.2) is 46.2 Å². The van der Waals surface area contributed by atoms with Gasteiger partial charge in [0.1, 0.15) is 5.60 Å². The van der Waals surface area contributed by atoms with Gasteiger partial charge in [-0.25, -0.2) is 0 Å². The molecule has 0 amide bonds. The van der Waals surface area contributed by atoms with Gasteiger partial charge < -0.3 is 9.59 Å². The van der Waals surface area contributed by atoms with Crippen LogP contribution in [0.15, 0.2) is 78.9 Å². The summed E-state index contributed by atoms with van der Waals surface area (Å²) < 4.78 is 0.906. The fraction of sp³-hybridized carbons (Fsp3) is 0.441. The number of quaternary nitrogens is 1. The van der Waals surface area contributed by atoms with E-state index in [1.165, 1.54) is 36.9 Å². The number of hydrogen-bond acceptors (Lipinski definition) is 2. The van der Waals surface area contributed by atoms with Crippen LogP contribution >= 0.6 is 0 Å². The first-order valence-corrected chi connectivity index (χ1v) is 14.2. The largest absolute Gasteiger partial charge is 0.463 e. The maximum atomic E-state index is 12.3. The molecule has 3 heterocycles. The molecule has 1 aliphatic carbocycles. The number of piperidine rings is 2. The molecule has 4 aliphatic rings. The van der Waals surface area contributed by atoms with Gasteiger partial charge in [0, 0.05) is 46.2 Å². The predicted octanol–water partition coefficient (Wildman–Crippen LogP) is 6.10. The Morgan fingerprint density at radius 1 is 0.895 bits per heavy atom. The van der Waals surface area contributed by atoms with Crippen LogP contribution in [0.5, 0.6) is 0 Å². The second kappa shape index (κ2) is 11.4. The maximum Gasteiger partial charge on any atom is 0.118 e. The van der Waals surface area contributed by atoms with Crippen LogP contribution < -0.4 is 0 Å². The third-order valence-electron chi connectivity index (χ3n) is 9.66. The molecule has 3 aromatic carbocycles. The summed E-state index contributed by atoms with van der Waals surface area (Å²) in [6.07, 6.45) is 5.96. The van der Waals surface area contributed by atoms with E-state index in [1.807, 2.05) is 12.1 Å². The first kappa shape index (κ1) is 27.8. The maximum absolute atomic E-state index is 12.3. The van der Waals surface area contributed by atoms with Gasteiger partial charge in [-0.05, 0) is 55.1 Å². The molecule has 2 bridgehead atoms. The standard InChI is InChI=1S/C34H41N2O.W/c1-26-13-15-28(16-14-26)25-36(2)19-17-27(18-20-36)24-35-32-21-31(22-33(35)23-32)34(37,29-9-5-3-6-10-29)30-11-7-4-8-12-30;/h3-13,15-16,27,31-33,37H,2,17-25H2,1H3;/q-1;. The SMILES string of the molecule is [CH2-][N+]1(Cc2c[c-]c(C)cc2)CCC(CN2C3CC2CC(C(O)(c2ccccc2)c2ccccc2)C3)CC1.[W]. The Kier molecular flexibility index (Phi) is 8.32. The van der Waals surface area contributed by atoms with Crippen molar-refractivity contribution in [3.63, 3.8) is 0 Å². The minimum atomic E-state index is -0.922. The van der Waals surface area contributed by atoms with Gasteiger partial charge in [0.15, 0.2) is 0 Å². The van der Waals surface area contributed by atoms with E-state index >= 15 is 0 Å². The molecule has 3 nitrogen and oxygen atoms in total. The van der Waals surface area contributed by atoms with Crippen LogP contribution in [-0.2, 0) is 33.2 Å². The summed E-state index contributed by atoms with van der Waals surface area (Å²) >= 11 is 0. The van der Waals surface area contributed by atoms with Gasteiger partial charge in [0.2, 0.25) is 0 Å². The van der Waals surface area contributed by atoms with E-state index in [0.717, 1.165) is 54.0 Å². The van der Waals surface area contributed by atoms with E-state index in [1.54, 1.807) is 0 Å². The average molecular weight is 678 g/mol. The van der Waals surface area contributed by atoms with E-state index in [0.29, 0.717) is 12.1 Å². The van der Waals surface area contributed by atoms with Gasteiger partial charge in [-0.3, -0.25) is 4.90 Å². The summed E-state index contributed by atoms with van der Waals surface area (Å²) in [6, 6.07) is 31.8. The summed E-state index contributed by atoms with van der Waals surface area (Å²) in [5.74, 6) is 1.01. The molecule has 3 aromatic rings. The first-order valence-electron chi connectivity index (χ1n) is 14.2. The van der Waals surface area contributed by atoms with Crippen molar-refractivity contribution >= 4 is 0 Å². The first-order chi connectivity index (χ1) is 17.9. The van der Waals surface area contributed by atoms with E-state index in [4.69, 9.17) is 0 Å². The molecule has 4 heteroatoms. The molecule has 0 radical (unpaired) electrons. The van der Waals surface area contributed by atoms with Gasteiger partial charge in [0.05, 0.1) is 13.1 Å². The van der Waals surface area contributed by atoms with Crippen LogP contribution in [0.25, 0.3) is 0 Å². The monoisotopic (exact) mass is 677 g/mol. The Morgan fingerprint density at radius 3 is 2.00 bits per heavy atom. The molecule has 38 heavy (non-hydrogen) atoms. The second-order valence-electron chi connectivity index (χ2n) is 12.2. The van der Waals surface area contributed by atoms with E-state index in [9.17, 15) is 5.11 Å². The van der Waals surface area contributed by atoms with Crippen LogP contribution in [0.3, 0.4) is 0 Å². The molecular formula is C34H41N2OW-. The van der Waals surface area contributed by atoms with Gasteiger partial charge in [0.25, 0.3) is 0 Å². The Balaban J connectivity index is 0.00000294. The Hall–Kier alpha value is -1.77. The molecule has 3 saturated heterocycles. The summed E-state index contributed by atoms with van der Waals surface area (Å²) in [6.45, 7) is 6.65. The zero-order chi connectivity index (χ0) is 25.5. The summed E-state index contributed by atoms with van der Waals surface area (Å²) in [7, 11) is 4.63. The van der Waals surface area contributed by atoms with Crippen molar-refractivity contribution in [2.45, 2.75) is 63.3 Å². The van der Waals surface area contributed by atoms with E-state index in [-0.39, 0.29) is 27.0 Å². The summed E-state index contributed by atoms with van der Waals surface area (Å²) in [5.41, 5.74) is 3.69. The van der Waals surface area contributed by atoms with Gasteiger partial charge >= 0.3 is 0 Å². The van der Waals surface area contributed by atoms with Crippen molar-refractivity contribution in [3.05, 3.63) is 114 Å². The minimum absolute atomic E-state index is 0. The number of aliphatic hydroxyl groups is 1. The number of nitrogens with zero attached hydrogens (tertiary/aromatic N) is 2. The molecule has 200 valence electrons. The van der Waals surface area contributed by atoms with Gasteiger partial charge in [-0.15, -0.1) is 12.6 Å². The van der Waals surface area contributed by atoms with Crippen molar-refractivity contribution < 1.29 is 30.7 Å². The third-order valence-corrected chi connectivity index (χ3v) is 9.66. The van der Waals surface area contributed by atoms with Crippen LogP contribution in [0, 0.1) is 31.9 Å². The van der Waals surface area contributed by atoms with Crippen LogP contribution in [0.1, 0.15) is 54.4 Å². The van der Waals surface area contributed by atoms with Crippen molar-refractivity contribution in [1.29, 1.82) is 0 Å². The molecule has 2 atom stereocenters. The average Bonchev–Trinajstić information content (AvgIpc) is 2.94. The smallest absolute Gasteiger partial charge is 0.118 e. The Labute approximate surface area is 243 Å². The van der Waals surface area contributed by atoms with E-state index < -0.39 is 5.60 Å². The van der Waals surface area contributed by atoms with Gasteiger partial charge in [-0.2, -0.15) is 29.8 Å². The van der Waals surface area contributed by atoms with Crippen molar-refractivity contribution in [2.75, 3.05) is 19.6 Å². The fourth-order valence-electron chi connectivity index (χ4n) is 7.45. The Bertz CT molecular complexity index is 1120. The predicted molar refractivity (Wildman–Crippen MR) is 149 cm³/mol. The van der Waals surface area contributed by atoms with E-state index in [2.05, 4.69) is 91.7 Å². The summed E-state index contributed by atoms with van der Waals surface area (Å²) in [5, 5.41) is 12.3. The number of benzene rings is 3. The van der Waals surface area contributed by atoms with Crippen LogP contribution in [0.2, 0.25) is 0 Å². The topological polar surface area (TPSA) is 23.5 Å². The van der Waals surface area contributed by atoms with Crippen molar-refractivity contribution in [3.8, 4) is 0 Å². The number of likely N-dealkylation sites (tertiary alicyclic amines) is 1. The zero-order valence-electron chi connectivity index (χ0n) is 22.6. The molecule has 0 spiro atoms. The molecule has 7 rings (SSSR count). The number of aryl methyl sites for hydroxylation is 1. The number of hydrogen-bond donors (Lipinski definition) is 1. The molecule has 2 unspecified atom stereocenters. The molecule has 3 aliphatic heterocycles. The molecule has 1 saturated carbocycles. The summed E-state index contributed by atoms with van der Waals surface area (Å²) in [4.78, 5) is 2.79. The molecule has 4 fully saturated rings. The van der Waals surface area contributed by atoms with Crippen molar-refractivity contribution in [1.82, 2.24) is 4.90 Å². The quantitative estimate of drug-likeness (QED) is 0.242. The van der Waals surface area contributed by atoms with Crippen molar-refractivity contribution in [2.24, 2.45) is 11.8 Å². The minimum Gasteiger partial charge on any atom is -0.463 e. The molecule has 0 aromatic heterocycles. The molecule has 1 N–H and O–H groups in total. The van der Waals surface area contributed by atoms with Crippen LogP contribution in [0.4, 0.5) is 0 Å². The third kappa shape index (κ3) is 5.46. The molecular weight excluding hydrogens is 636 g/mol. The Morgan fingerprint density at radius 2 is 1.47 bits per heavy atom. The number of rotatable bonds is 7. The van der Waals surface area contributed by atoms with Gasteiger partial charge in [-0.1, -0.05) is 67.6 Å². The fourth-order valence-corrected chi connectivity index (χ4v) is 7.45. The number of fused-ring (bicyclic) bond motifs is 2. The zero-order valence-corrected chi connectivity index (χ0v) is 25.6. The normalized spacial score (nSPS) is 29.2.